The van der Waals surface area contributed by atoms with E-state index in [1.54, 1.807) is 11.1 Å². The molecule has 39 heavy (non-hydrogen) atoms. The van der Waals surface area contributed by atoms with Crippen LogP contribution in [0, 0.1) is 0 Å². The fourth-order valence-electron chi connectivity index (χ4n) is 5.51. The van der Waals surface area contributed by atoms with Gasteiger partial charge in [0.05, 0.1) is 0 Å². The summed E-state index contributed by atoms with van der Waals surface area (Å²) in [4.78, 5) is 0. The van der Waals surface area contributed by atoms with Crippen LogP contribution >= 0.6 is 0 Å². The number of aryl methyl sites for hydroxylation is 1. The number of hydrogen-bond acceptors (Lipinski definition) is 3. The van der Waals surface area contributed by atoms with Crippen LogP contribution in [0.15, 0.2) is 65.1 Å². The van der Waals surface area contributed by atoms with Crippen molar-refractivity contribution in [2.24, 2.45) is 0 Å². The molecule has 3 aromatic carbocycles. The minimum atomic E-state index is 0.589. The second-order valence-corrected chi connectivity index (χ2v) is 10.8. The van der Waals surface area contributed by atoms with Gasteiger partial charge in [0, 0.05) is 11.1 Å². The average Bonchev–Trinajstić information content (AvgIpc) is 3.48. The quantitative estimate of drug-likeness (QED) is 0.156. The van der Waals surface area contributed by atoms with Crippen molar-refractivity contribution in [1.82, 2.24) is 10.2 Å². The Morgan fingerprint density at radius 3 is 1.67 bits per heavy atom. The minimum Gasteiger partial charge on any atom is -0.416 e. The fraction of sp³-hybridized carbons (Fsp3) is 0.444. The van der Waals surface area contributed by atoms with E-state index < -0.39 is 0 Å². The first-order chi connectivity index (χ1) is 19.2. The zero-order valence-electron chi connectivity index (χ0n) is 24.6. The molecule has 0 atom stereocenters. The molecule has 206 valence electrons. The molecule has 4 rings (SSSR count). The van der Waals surface area contributed by atoms with E-state index >= 15 is 0 Å². The predicted molar refractivity (Wildman–Crippen MR) is 165 cm³/mol. The first-order valence-corrected chi connectivity index (χ1v) is 15.4. The molecule has 0 unspecified atom stereocenters. The Morgan fingerprint density at radius 2 is 1.03 bits per heavy atom. The maximum absolute atomic E-state index is 6.44. The van der Waals surface area contributed by atoms with Crippen molar-refractivity contribution in [3.63, 3.8) is 0 Å². The summed E-state index contributed by atoms with van der Waals surface area (Å²) in [5.74, 6) is 1.26. The number of hydrogen-bond donors (Lipinski definition) is 0. The van der Waals surface area contributed by atoms with Crippen LogP contribution in [0.2, 0.25) is 0 Å². The molecule has 0 aliphatic carbocycles. The summed E-state index contributed by atoms with van der Waals surface area (Å²) in [5, 5.41) is 9.16. The molecule has 0 radical (unpaired) electrons. The average molecular weight is 523 g/mol. The molecule has 0 N–H and O–H groups in total. The number of aromatic nitrogens is 2. The van der Waals surface area contributed by atoms with E-state index in [4.69, 9.17) is 4.42 Å². The van der Waals surface area contributed by atoms with Crippen LogP contribution in [0.1, 0.15) is 101 Å². The third-order valence-electron chi connectivity index (χ3n) is 7.79. The van der Waals surface area contributed by atoms with Crippen LogP contribution in [0.3, 0.4) is 0 Å². The smallest absolute Gasteiger partial charge is 0.248 e. The topological polar surface area (TPSA) is 38.9 Å². The molecule has 0 saturated heterocycles. The Kier molecular flexibility index (Phi) is 10.9. The number of nitrogens with zero attached hydrogens (tertiary/aromatic N) is 2. The first-order valence-electron chi connectivity index (χ1n) is 15.4. The molecule has 0 bridgehead atoms. The van der Waals surface area contributed by atoms with E-state index in [2.05, 4.69) is 92.5 Å². The van der Waals surface area contributed by atoms with Gasteiger partial charge >= 0.3 is 0 Å². The van der Waals surface area contributed by atoms with Crippen molar-refractivity contribution in [2.45, 2.75) is 105 Å². The summed E-state index contributed by atoms with van der Waals surface area (Å²) in [6.07, 6.45) is 14.2. The fourth-order valence-corrected chi connectivity index (χ4v) is 5.51. The Morgan fingerprint density at radius 1 is 0.513 bits per heavy atom. The van der Waals surface area contributed by atoms with Crippen LogP contribution in [0.25, 0.3) is 34.0 Å². The molecule has 0 fully saturated rings. The third-order valence-corrected chi connectivity index (χ3v) is 7.79. The van der Waals surface area contributed by atoms with Crippen LogP contribution < -0.4 is 0 Å². The van der Waals surface area contributed by atoms with Gasteiger partial charge in [-0.2, -0.15) is 0 Å². The standard InChI is InChI=1S/C36H46N2O/c1-5-9-16-30-26-34(33(21-12-8-4)32(20-11-7-3)31(30)19-10-6-2)36-38-37-35(39-36)29-24-22-28(23-25-29)27-17-14-13-15-18-27/h13-15,17-18,22-26H,5-12,16,19-21H2,1-4H3. The van der Waals surface area contributed by atoms with E-state index in [1.807, 2.05) is 6.07 Å². The number of unbranched alkanes of at least 4 members (excludes halogenated alkanes) is 4. The van der Waals surface area contributed by atoms with Gasteiger partial charge in [0.2, 0.25) is 11.8 Å². The maximum atomic E-state index is 6.44. The summed E-state index contributed by atoms with van der Waals surface area (Å²) in [7, 11) is 0. The molecule has 3 heteroatoms. The lowest BCUT2D eigenvalue weighted by Gasteiger charge is -2.22. The summed E-state index contributed by atoms with van der Waals surface area (Å²) in [6, 6.07) is 21.3. The molecule has 0 saturated carbocycles. The van der Waals surface area contributed by atoms with Crippen molar-refractivity contribution in [2.75, 3.05) is 0 Å². The Bertz CT molecular complexity index is 1290. The van der Waals surface area contributed by atoms with Crippen LogP contribution in [0.5, 0.6) is 0 Å². The lowest BCUT2D eigenvalue weighted by molar-refractivity contribution is 0.582. The monoisotopic (exact) mass is 522 g/mol. The molecular weight excluding hydrogens is 476 g/mol. The summed E-state index contributed by atoms with van der Waals surface area (Å²) in [6.45, 7) is 9.17. The highest BCUT2D eigenvalue weighted by Crippen LogP contribution is 2.36. The van der Waals surface area contributed by atoms with Gasteiger partial charge in [-0.15, -0.1) is 10.2 Å². The van der Waals surface area contributed by atoms with E-state index in [1.165, 1.54) is 85.6 Å². The molecule has 0 spiro atoms. The van der Waals surface area contributed by atoms with Crippen molar-refractivity contribution in [3.8, 4) is 34.0 Å². The second kappa shape index (κ2) is 14.8. The SMILES string of the molecule is CCCCc1cc(-c2nnc(-c3ccc(-c4ccccc4)cc3)o2)c(CCCC)c(CCCC)c1CCCC. The van der Waals surface area contributed by atoms with E-state index in [0.717, 1.165) is 24.8 Å². The Labute approximate surface area is 236 Å². The highest BCUT2D eigenvalue weighted by Gasteiger charge is 2.22. The van der Waals surface area contributed by atoms with Crippen LogP contribution in [-0.2, 0) is 25.7 Å². The molecule has 0 aliphatic heterocycles. The molecule has 1 heterocycles. The van der Waals surface area contributed by atoms with Gasteiger partial charge in [-0.05, 0) is 103 Å². The number of benzene rings is 3. The van der Waals surface area contributed by atoms with E-state index in [9.17, 15) is 0 Å². The van der Waals surface area contributed by atoms with E-state index in [-0.39, 0.29) is 0 Å². The van der Waals surface area contributed by atoms with Crippen LogP contribution in [0.4, 0.5) is 0 Å². The lowest BCUT2D eigenvalue weighted by Crippen LogP contribution is -2.09. The van der Waals surface area contributed by atoms with Gasteiger partial charge in [0.15, 0.2) is 0 Å². The van der Waals surface area contributed by atoms with Gasteiger partial charge in [0.1, 0.15) is 0 Å². The molecule has 0 aliphatic rings. The zero-order chi connectivity index (χ0) is 27.5. The molecule has 1 aromatic heterocycles. The van der Waals surface area contributed by atoms with Crippen molar-refractivity contribution < 1.29 is 4.42 Å². The third kappa shape index (κ3) is 7.26. The van der Waals surface area contributed by atoms with Crippen LogP contribution in [-0.4, -0.2) is 10.2 Å². The van der Waals surface area contributed by atoms with E-state index in [0.29, 0.717) is 11.8 Å². The van der Waals surface area contributed by atoms with Gasteiger partial charge in [-0.1, -0.05) is 95.8 Å². The normalized spacial score (nSPS) is 11.3. The summed E-state index contributed by atoms with van der Waals surface area (Å²) in [5.41, 5.74) is 10.7. The summed E-state index contributed by atoms with van der Waals surface area (Å²) >= 11 is 0. The Balaban J connectivity index is 1.76. The first kappa shape index (κ1) is 28.8. The van der Waals surface area contributed by atoms with Gasteiger partial charge in [0.25, 0.3) is 0 Å². The van der Waals surface area contributed by atoms with Crippen molar-refractivity contribution >= 4 is 0 Å². The molecule has 0 amide bonds. The molecule has 3 nitrogen and oxygen atoms in total. The van der Waals surface area contributed by atoms with Crippen molar-refractivity contribution in [3.05, 3.63) is 82.9 Å². The van der Waals surface area contributed by atoms with Gasteiger partial charge < -0.3 is 4.42 Å². The predicted octanol–water partition coefficient (Wildman–Crippen LogP) is 10.4. The zero-order valence-corrected chi connectivity index (χ0v) is 24.6. The highest BCUT2D eigenvalue weighted by molar-refractivity contribution is 5.69. The highest BCUT2D eigenvalue weighted by atomic mass is 16.4. The van der Waals surface area contributed by atoms with Gasteiger partial charge in [-0.25, -0.2) is 0 Å². The summed E-state index contributed by atoms with van der Waals surface area (Å²) < 4.78 is 6.44. The van der Waals surface area contributed by atoms with Gasteiger partial charge in [-0.3, -0.25) is 0 Å². The second-order valence-electron chi connectivity index (χ2n) is 10.8. The molecular formula is C36H46N2O. The number of rotatable bonds is 15. The largest absolute Gasteiger partial charge is 0.416 e. The minimum absolute atomic E-state index is 0.589. The Hall–Kier alpha value is -3.20. The molecule has 4 aromatic rings. The lowest BCUT2D eigenvalue weighted by atomic mass is 9.83. The van der Waals surface area contributed by atoms with Crippen molar-refractivity contribution in [1.29, 1.82) is 0 Å². The maximum Gasteiger partial charge on any atom is 0.248 e.